The van der Waals surface area contributed by atoms with Gasteiger partial charge in [-0.25, -0.2) is 9.78 Å². The van der Waals surface area contributed by atoms with Crippen molar-refractivity contribution in [2.45, 2.75) is 39.7 Å². The van der Waals surface area contributed by atoms with Crippen LogP contribution in [0.3, 0.4) is 0 Å². The van der Waals surface area contributed by atoms with Gasteiger partial charge in [-0.15, -0.1) is 0 Å². The summed E-state index contributed by atoms with van der Waals surface area (Å²) in [6.07, 6.45) is 0.126. The molecule has 0 aliphatic carbocycles. The van der Waals surface area contributed by atoms with E-state index in [9.17, 15) is 4.79 Å². The quantitative estimate of drug-likeness (QED) is 0.456. The van der Waals surface area contributed by atoms with Crippen LogP contribution in [0.25, 0.3) is 0 Å². The van der Waals surface area contributed by atoms with Crippen LogP contribution in [0.2, 0.25) is 5.15 Å². The smallest absolute Gasteiger partial charge is 0.338 e. The fraction of sp³-hybridized carbons (Fsp3) is 0.571. The molecule has 0 unspecified atom stereocenters. The number of aromatic nitrogens is 1. The van der Waals surface area contributed by atoms with Crippen LogP contribution in [-0.4, -0.2) is 30.3 Å². The molecule has 1 aromatic heterocycles. The van der Waals surface area contributed by atoms with E-state index in [4.69, 9.17) is 21.1 Å². The van der Waals surface area contributed by atoms with Gasteiger partial charge in [0.1, 0.15) is 11.8 Å². The highest BCUT2D eigenvalue weighted by atomic mass is 35.5. The third-order valence-corrected chi connectivity index (χ3v) is 2.60. The highest BCUT2D eigenvalue weighted by molar-refractivity contribution is 6.29. The summed E-state index contributed by atoms with van der Waals surface area (Å²) in [5.41, 5.74) is 1.20. The standard InChI is InChI=1S/C14H20ClNO3/c1-9(2)12-7-11(8-13(15)16-12)14(17)19-6-5-18-10(3)4/h7-10H,5-6H2,1-4H3. The minimum absolute atomic E-state index is 0.126. The van der Waals surface area contributed by atoms with Crippen molar-refractivity contribution in [3.05, 3.63) is 28.5 Å². The van der Waals surface area contributed by atoms with E-state index in [1.165, 1.54) is 6.07 Å². The lowest BCUT2D eigenvalue weighted by Crippen LogP contribution is -2.14. The number of hydrogen-bond acceptors (Lipinski definition) is 4. The van der Waals surface area contributed by atoms with Crippen LogP contribution in [0.5, 0.6) is 0 Å². The molecule has 0 amide bonds. The Hall–Kier alpha value is -1.13. The molecule has 0 atom stereocenters. The van der Waals surface area contributed by atoms with E-state index in [2.05, 4.69) is 4.98 Å². The molecule has 106 valence electrons. The third kappa shape index (κ3) is 5.57. The summed E-state index contributed by atoms with van der Waals surface area (Å²) < 4.78 is 10.4. The van der Waals surface area contributed by atoms with Gasteiger partial charge in [0, 0.05) is 5.69 Å². The van der Waals surface area contributed by atoms with E-state index in [0.29, 0.717) is 17.3 Å². The van der Waals surface area contributed by atoms with Crippen molar-refractivity contribution in [3.8, 4) is 0 Å². The number of esters is 1. The maximum Gasteiger partial charge on any atom is 0.338 e. The Morgan fingerprint density at radius 2 is 1.95 bits per heavy atom. The van der Waals surface area contributed by atoms with Gasteiger partial charge in [0.05, 0.1) is 18.3 Å². The molecule has 0 aliphatic heterocycles. The Kier molecular flexibility index (Phi) is 6.25. The van der Waals surface area contributed by atoms with Crippen molar-refractivity contribution in [3.63, 3.8) is 0 Å². The molecule has 0 aromatic carbocycles. The van der Waals surface area contributed by atoms with Gasteiger partial charge in [0.25, 0.3) is 0 Å². The van der Waals surface area contributed by atoms with Crippen LogP contribution >= 0.6 is 11.6 Å². The van der Waals surface area contributed by atoms with E-state index in [1.54, 1.807) is 6.07 Å². The Morgan fingerprint density at radius 1 is 1.26 bits per heavy atom. The van der Waals surface area contributed by atoms with Crippen LogP contribution in [0.15, 0.2) is 12.1 Å². The number of carbonyl (C=O) groups excluding carboxylic acids is 1. The summed E-state index contributed by atoms with van der Waals surface area (Å²) in [5, 5.41) is 0.302. The maximum absolute atomic E-state index is 11.9. The zero-order valence-electron chi connectivity index (χ0n) is 11.8. The summed E-state index contributed by atoms with van der Waals surface area (Å²) >= 11 is 5.90. The molecule has 0 spiro atoms. The van der Waals surface area contributed by atoms with E-state index in [1.807, 2.05) is 27.7 Å². The van der Waals surface area contributed by atoms with Crippen molar-refractivity contribution in [2.24, 2.45) is 0 Å². The first-order valence-electron chi connectivity index (χ1n) is 6.36. The molecule has 0 N–H and O–H groups in total. The van der Waals surface area contributed by atoms with E-state index < -0.39 is 5.97 Å². The second kappa shape index (κ2) is 7.46. The first-order valence-corrected chi connectivity index (χ1v) is 6.74. The van der Waals surface area contributed by atoms with Gasteiger partial charge in [-0.1, -0.05) is 25.4 Å². The lowest BCUT2D eigenvalue weighted by Gasteiger charge is -2.10. The molecule has 0 saturated heterocycles. The summed E-state index contributed by atoms with van der Waals surface area (Å²) in [5.74, 6) is -0.201. The Morgan fingerprint density at radius 3 is 2.53 bits per heavy atom. The minimum atomic E-state index is -0.404. The molecule has 0 radical (unpaired) electrons. The summed E-state index contributed by atoms with van der Waals surface area (Å²) in [4.78, 5) is 16.0. The molecule has 0 saturated carbocycles. The largest absolute Gasteiger partial charge is 0.460 e. The lowest BCUT2D eigenvalue weighted by molar-refractivity contribution is 0.0177. The average molecular weight is 286 g/mol. The Labute approximate surface area is 119 Å². The minimum Gasteiger partial charge on any atom is -0.460 e. The van der Waals surface area contributed by atoms with E-state index in [-0.39, 0.29) is 18.6 Å². The number of hydrogen-bond donors (Lipinski definition) is 0. The number of ether oxygens (including phenoxy) is 2. The molecule has 5 heteroatoms. The molecule has 19 heavy (non-hydrogen) atoms. The fourth-order valence-electron chi connectivity index (χ4n) is 1.43. The average Bonchev–Trinajstić information content (AvgIpc) is 2.33. The molecular weight excluding hydrogens is 266 g/mol. The van der Waals surface area contributed by atoms with Crippen molar-refractivity contribution in [1.29, 1.82) is 0 Å². The molecule has 0 fully saturated rings. The lowest BCUT2D eigenvalue weighted by atomic mass is 10.1. The van der Waals surface area contributed by atoms with Gasteiger partial charge in [-0.3, -0.25) is 0 Å². The number of nitrogens with zero attached hydrogens (tertiary/aromatic N) is 1. The normalized spacial score (nSPS) is 11.1. The van der Waals surface area contributed by atoms with Crippen molar-refractivity contribution in [2.75, 3.05) is 13.2 Å². The summed E-state index contributed by atoms with van der Waals surface area (Å²) in [6, 6.07) is 3.22. The van der Waals surface area contributed by atoms with Gasteiger partial charge >= 0.3 is 5.97 Å². The molecule has 1 rings (SSSR count). The molecular formula is C14H20ClNO3. The highest BCUT2D eigenvalue weighted by Crippen LogP contribution is 2.18. The third-order valence-electron chi connectivity index (χ3n) is 2.41. The van der Waals surface area contributed by atoms with Gasteiger partial charge in [0.2, 0.25) is 0 Å². The summed E-state index contributed by atoms with van der Waals surface area (Å²) in [6.45, 7) is 8.46. The predicted molar refractivity (Wildman–Crippen MR) is 74.7 cm³/mol. The van der Waals surface area contributed by atoms with Crippen LogP contribution < -0.4 is 0 Å². The first kappa shape index (κ1) is 15.9. The van der Waals surface area contributed by atoms with E-state index in [0.717, 1.165) is 5.69 Å². The Balaban J connectivity index is 2.61. The van der Waals surface area contributed by atoms with Crippen LogP contribution in [0.1, 0.15) is 49.7 Å². The number of halogens is 1. The zero-order valence-corrected chi connectivity index (χ0v) is 12.5. The van der Waals surface area contributed by atoms with Crippen LogP contribution in [-0.2, 0) is 9.47 Å². The van der Waals surface area contributed by atoms with Crippen molar-refractivity contribution >= 4 is 17.6 Å². The molecule has 0 bridgehead atoms. The second-order valence-electron chi connectivity index (χ2n) is 4.81. The molecule has 0 aliphatic rings. The Bertz CT molecular complexity index is 433. The number of rotatable bonds is 6. The van der Waals surface area contributed by atoms with Crippen LogP contribution in [0.4, 0.5) is 0 Å². The SMILES string of the molecule is CC(C)OCCOC(=O)c1cc(Cl)nc(C(C)C)c1. The monoisotopic (exact) mass is 285 g/mol. The van der Waals surface area contributed by atoms with E-state index >= 15 is 0 Å². The number of carbonyl (C=O) groups is 1. The van der Waals surface area contributed by atoms with Gasteiger partial charge in [-0.2, -0.15) is 0 Å². The molecule has 4 nitrogen and oxygen atoms in total. The highest BCUT2D eigenvalue weighted by Gasteiger charge is 2.12. The second-order valence-corrected chi connectivity index (χ2v) is 5.20. The van der Waals surface area contributed by atoms with Crippen molar-refractivity contribution in [1.82, 2.24) is 4.98 Å². The first-order chi connectivity index (χ1) is 8.90. The van der Waals surface area contributed by atoms with Gasteiger partial charge in [-0.05, 0) is 31.9 Å². The predicted octanol–water partition coefficient (Wildman–Crippen LogP) is 3.44. The van der Waals surface area contributed by atoms with Gasteiger partial charge in [0.15, 0.2) is 0 Å². The fourth-order valence-corrected chi connectivity index (χ4v) is 1.65. The van der Waals surface area contributed by atoms with Gasteiger partial charge < -0.3 is 9.47 Å². The maximum atomic E-state index is 11.9. The topological polar surface area (TPSA) is 48.4 Å². The van der Waals surface area contributed by atoms with Crippen LogP contribution in [0, 0.1) is 0 Å². The van der Waals surface area contributed by atoms with Crippen molar-refractivity contribution < 1.29 is 14.3 Å². The number of pyridine rings is 1. The summed E-state index contributed by atoms with van der Waals surface area (Å²) in [7, 11) is 0. The zero-order chi connectivity index (χ0) is 14.4. The molecule has 1 aromatic rings. The molecule has 1 heterocycles.